The van der Waals surface area contributed by atoms with Gasteiger partial charge in [0.05, 0.1) is 11.0 Å². The zero-order valence-corrected chi connectivity index (χ0v) is 13.6. The molecule has 24 heavy (non-hydrogen) atoms. The maximum atomic E-state index is 10.2. The van der Waals surface area contributed by atoms with Gasteiger partial charge >= 0.3 is 0 Å². The molecule has 0 spiro atoms. The molecule has 0 radical (unpaired) electrons. The maximum Gasteiger partial charge on any atom is 0.253 e. The van der Waals surface area contributed by atoms with Crippen LogP contribution in [-0.4, -0.2) is 27.1 Å². The molecule has 0 atom stereocenters. The third-order valence-corrected chi connectivity index (χ3v) is 4.27. The number of imide groups is 1. The van der Waals surface area contributed by atoms with Crippen molar-refractivity contribution in [1.29, 1.82) is 0 Å². The molecule has 1 saturated heterocycles. The number of carbonyl (C=O) groups is 2. The van der Waals surface area contributed by atoms with E-state index in [1.807, 2.05) is 6.07 Å². The Morgan fingerprint density at radius 2 is 1.62 bits per heavy atom. The van der Waals surface area contributed by atoms with Crippen LogP contribution in [0.3, 0.4) is 0 Å². The molecule has 0 aliphatic carbocycles. The Labute approximate surface area is 139 Å². The first-order valence-electron chi connectivity index (χ1n) is 7.78. The molecule has 0 bridgehead atoms. The molecule has 1 aromatic heterocycles. The standard InChI is InChI=1S/C15H13N.C4H5NO3/c1-10-7-8-15-13(11(10)2)9-12-5-3-4-6-14(12)16-15;6-3-1-2-4(7)5(3)8/h3-9H,1-2H3;8H,1-2H2. The van der Waals surface area contributed by atoms with Crippen molar-refractivity contribution in [2.75, 3.05) is 0 Å². The first kappa shape index (κ1) is 16.1. The van der Waals surface area contributed by atoms with Gasteiger partial charge in [-0.05, 0) is 43.2 Å². The van der Waals surface area contributed by atoms with Crippen LogP contribution in [-0.2, 0) is 9.59 Å². The van der Waals surface area contributed by atoms with E-state index in [4.69, 9.17) is 5.21 Å². The van der Waals surface area contributed by atoms with Gasteiger partial charge in [0.2, 0.25) is 0 Å². The van der Waals surface area contributed by atoms with Gasteiger partial charge in [0, 0.05) is 23.6 Å². The molecule has 1 fully saturated rings. The Morgan fingerprint density at radius 3 is 2.25 bits per heavy atom. The van der Waals surface area contributed by atoms with Crippen molar-refractivity contribution in [1.82, 2.24) is 10.0 Å². The van der Waals surface area contributed by atoms with Crippen LogP contribution in [0.4, 0.5) is 0 Å². The Balaban J connectivity index is 0.000000179. The van der Waals surface area contributed by atoms with Crippen molar-refractivity contribution in [3.63, 3.8) is 0 Å². The number of pyridine rings is 1. The Bertz CT molecular complexity index is 934. The van der Waals surface area contributed by atoms with Crippen molar-refractivity contribution in [3.05, 3.63) is 53.6 Å². The molecule has 1 aliphatic heterocycles. The molecular weight excluding hydrogens is 304 g/mol. The monoisotopic (exact) mass is 322 g/mol. The molecule has 4 rings (SSSR count). The van der Waals surface area contributed by atoms with E-state index >= 15 is 0 Å². The van der Waals surface area contributed by atoms with Gasteiger partial charge in [-0.2, -0.15) is 5.06 Å². The summed E-state index contributed by atoms with van der Waals surface area (Å²) in [7, 11) is 0. The Kier molecular flexibility index (Phi) is 4.27. The highest BCUT2D eigenvalue weighted by molar-refractivity contribution is 6.00. The van der Waals surface area contributed by atoms with E-state index in [0.29, 0.717) is 0 Å². The molecule has 2 aromatic carbocycles. The normalized spacial score (nSPS) is 14.2. The van der Waals surface area contributed by atoms with Gasteiger partial charge < -0.3 is 0 Å². The van der Waals surface area contributed by atoms with Crippen LogP contribution in [0.5, 0.6) is 0 Å². The molecule has 122 valence electrons. The summed E-state index contributed by atoms with van der Waals surface area (Å²) in [5, 5.41) is 11.0. The van der Waals surface area contributed by atoms with Gasteiger partial charge in [-0.3, -0.25) is 14.8 Å². The van der Waals surface area contributed by atoms with Crippen molar-refractivity contribution in [3.8, 4) is 0 Å². The summed E-state index contributed by atoms with van der Waals surface area (Å²) >= 11 is 0. The third-order valence-electron chi connectivity index (χ3n) is 4.27. The molecular formula is C19H18N2O3. The number of amides is 2. The molecule has 0 unspecified atom stereocenters. The van der Waals surface area contributed by atoms with E-state index in [1.54, 1.807) is 0 Å². The number of nitrogens with zero attached hydrogens (tertiary/aromatic N) is 2. The number of benzene rings is 2. The van der Waals surface area contributed by atoms with Gasteiger partial charge in [0.1, 0.15) is 0 Å². The summed E-state index contributed by atoms with van der Waals surface area (Å²) in [5.41, 5.74) is 4.81. The SMILES string of the molecule is Cc1ccc2nc3ccccc3cc2c1C.O=C1CCC(=O)N1O. The van der Waals surface area contributed by atoms with Gasteiger partial charge in [-0.1, -0.05) is 24.3 Å². The van der Waals surface area contributed by atoms with E-state index in [-0.39, 0.29) is 17.9 Å². The molecule has 0 saturated carbocycles. The molecule has 1 N–H and O–H groups in total. The predicted octanol–water partition coefficient (Wildman–Crippen LogP) is 3.53. The topological polar surface area (TPSA) is 70.5 Å². The maximum absolute atomic E-state index is 10.2. The van der Waals surface area contributed by atoms with Gasteiger partial charge in [0.15, 0.2) is 0 Å². The molecule has 5 nitrogen and oxygen atoms in total. The number of fused-ring (bicyclic) bond motifs is 2. The van der Waals surface area contributed by atoms with Crippen molar-refractivity contribution in [2.24, 2.45) is 0 Å². The average molecular weight is 322 g/mol. The van der Waals surface area contributed by atoms with E-state index in [1.165, 1.54) is 21.9 Å². The molecule has 2 heterocycles. The second kappa shape index (κ2) is 6.37. The molecule has 3 aromatic rings. The fourth-order valence-electron chi connectivity index (χ4n) is 2.66. The Morgan fingerprint density at radius 1 is 0.958 bits per heavy atom. The second-order valence-corrected chi connectivity index (χ2v) is 5.85. The molecule has 2 amide bonds. The number of para-hydroxylation sites is 1. The number of hydroxylamine groups is 2. The number of rotatable bonds is 0. The van der Waals surface area contributed by atoms with Crippen LogP contribution >= 0.6 is 0 Å². The quantitative estimate of drug-likeness (QED) is 0.390. The summed E-state index contributed by atoms with van der Waals surface area (Å²) in [5.74, 6) is -1.01. The summed E-state index contributed by atoms with van der Waals surface area (Å²) in [6, 6.07) is 14.7. The summed E-state index contributed by atoms with van der Waals surface area (Å²) in [4.78, 5) is 25.2. The van der Waals surface area contributed by atoms with Crippen LogP contribution in [0, 0.1) is 13.8 Å². The second-order valence-electron chi connectivity index (χ2n) is 5.85. The van der Waals surface area contributed by atoms with Crippen molar-refractivity contribution >= 4 is 33.6 Å². The summed E-state index contributed by atoms with van der Waals surface area (Å²) in [6.45, 7) is 4.30. The van der Waals surface area contributed by atoms with Crippen LogP contribution < -0.4 is 0 Å². The minimum Gasteiger partial charge on any atom is -0.279 e. The summed E-state index contributed by atoms with van der Waals surface area (Å²) < 4.78 is 0. The lowest BCUT2D eigenvalue weighted by Crippen LogP contribution is -2.24. The van der Waals surface area contributed by atoms with Crippen LogP contribution in [0.2, 0.25) is 0 Å². The van der Waals surface area contributed by atoms with E-state index in [0.717, 1.165) is 11.0 Å². The van der Waals surface area contributed by atoms with Gasteiger partial charge in [-0.25, -0.2) is 4.98 Å². The van der Waals surface area contributed by atoms with Crippen LogP contribution in [0.15, 0.2) is 42.5 Å². The number of hydrogen-bond donors (Lipinski definition) is 1. The predicted molar refractivity (Wildman–Crippen MR) is 91.6 cm³/mol. The highest BCUT2D eigenvalue weighted by atomic mass is 16.5. The van der Waals surface area contributed by atoms with E-state index in [9.17, 15) is 9.59 Å². The zero-order valence-electron chi connectivity index (χ0n) is 13.6. The van der Waals surface area contributed by atoms with E-state index < -0.39 is 11.8 Å². The minimum atomic E-state index is -0.505. The number of aromatic nitrogens is 1. The number of hydrogen-bond acceptors (Lipinski definition) is 4. The van der Waals surface area contributed by atoms with E-state index in [2.05, 4.69) is 55.2 Å². The number of aryl methyl sites for hydroxylation is 2. The lowest BCUT2D eigenvalue weighted by atomic mass is 10.0. The smallest absolute Gasteiger partial charge is 0.253 e. The lowest BCUT2D eigenvalue weighted by Gasteiger charge is -2.06. The van der Waals surface area contributed by atoms with Crippen molar-refractivity contribution in [2.45, 2.75) is 26.7 Å². The summed E-state index contributed by atoms with van der Waals surface area (Å²) in [6.07, 6.45) is 0.296. The molecule has 1 aliphatic rings. The van der Waals surface area contributed by atoms with Crippen LogP contribution in [0.1, 0.15) is 24.0 Å². The highest BCUT2D eigenvalue weighted by Gasteiger charge is 2.26. The highest BCUT2D eigenvalue weighted by Crippen LogP contribution is 2.24. The largest absolute Gasteiger partial charge is 0.279 e. The van der Waals surface area contributed by atoms with Gasteiger partial charge in [0.25, 0.3) is 11.8 Å². The van der Waals surface area contributed by atoms with Crippen molar-refractivity contribution < 1.29 is 14.8 Å². The fraction of sp³-hybridized carbons (Fsp3) is 0.211. The molecule has 5 heteroatoms. The van der Waals surface area contributed by atoms with Gasteiger partial charge in [-0.15, -0.1) is 0 Å². The fourth-order valence-corrected chi connectivity index (χ4v) is 2.66. The number of carbonyl (C=O) groups excluding carboxylic acids is 2. The Hall–Kier alpha value is -2.79. The van der Waals surface area contributed by atoms with Crippen LogP contribution in [0.25, 0.3) is 21.8 Å². The average Bonchev–Trinajstić information content (AvgIpc) is 2.89. The lowest BCUT2D eigenvalue weighted by molar-refractivity contribution is -0.171. The zero-order chi connectivity index (χ0) is 17.3. The minimum absolute atomic E-state index is 0.148. The first-order valence-corrected chi connectivity index (χ1v) is 7.78. The first-order chi connectivity index (χ1) is 11.5. The third kappa shape index (κ3) is 2.98.